The quantitative estimate of drug-likeness (QED) is 0.820. The average molecular weight is 222 g/mol. The van der Waals surface area contributed by atoms with Crippen LogP contribution >= 0.6 is 0 Å². The van der Waals surface area contributed by atoms with E-state index in [-0.39, 0.29) is 0 Å². The normalized spacial score (nSPS) is 21.6. The van der Waals surface area contributed by atoms with Crippen LogP contribution in [0, 0.1) is 5.92 Å². The van der Waals surface area contributed by atoms with Gasteiger partial charge in [0.1, 0.15) is 5.82 Å². The molecule has 0 saturated carbocycles. The van der Waals surface area contributed by atoms with Gasteiger partial charge in [-0.25, -0.2) is 4.98 Å². The van der Waals surface area contributed by atoms with Gasteiger partial charge in [-0.1, -0.05) is 0 Å². The predicted molar refractivity (Wildman–Crippen MR) is 65.1 cm³/mol. The Hall–Kier alpha value is -0.870. The zero-order chi connectivity index (χ0) is 11.4. The lowest BCUT2D eigenvalue weighted by molar-refractivity contribution is 0.232. The molecular formula is C12H22N4. The molecule has 4 nitrogen and oxygen atoms in total. The van der Waals surface area contributed by atoms with Gasteiger partial charge in [-0.2, -0.15) is 0 Å². The Morgan fingerprint density at radius 3 is 3.12 bits per heavy atom. The third kappa shape index (κ3) is 3.06. The second kappa shape index (κ2) is 5.46. The summed E-state index contributed by atoms with van der Waals surface area (Å²) in [6.07, 6.45) is 6.55. The molecule has 1 unspecified atom stereocenters. The van der Waals surface area contributed by atoms with Crippen LogP contribution in [0.5, 0.6) is 0 Å². The lowest BCUT2D eigenvalue weighted by Gasteiger charge is -2.27. The molecule has 1 aliphatic rings. The molecule has 1 atom stereocenters. The number of nitrogens with zero attached hydrogens (tertiary/aromatic N) is 3. The summed E-state index contributed by atoms with van der Waals surface area (Å²) in [5.41, 5.74) is 0. The van der Waals surface area contributed by atoms with E-state index in [0.717, 1.165) is 18.3 Å². The van der Waals surface area contributed by atoms with Gasteiger partial charge in [0, 0.05) is 26.0 Å². The molecule has 0 radical (unpaired) electrons. The first kappa shape index (κ1) is 11.6. The highest BCUT2D eigenvalue weighted by Crippen LogP contribution is 2.12. The molecule has 1 aromatic heterocycles. The summed E-state index contributed by atoms with van der Waals surface area (Å²) in [5.74, 6) is 1.95. The number of piperidine rings is 1. The molecule has 90 valence electrons. The molecule has 1 N–H and O–H groups in total. The second-order valence-corrected chi connectivity index (χ2v) is 4.86. The van der Waals surface area contributed by atoms with E-state index in [1.807, 2.05) is 12.4 Å². The van der Waals surface area contributed by atoms with Crippen molar-refractivity contribution in [2.24, 2.45) is 13.0 Å². The van der Waals surface area contributed by atoms with Crippen molar-refractivity contribution in [3.8, 4) is 0 Å². The van der Waals surface area contributed by atoms with Gasteiger partial charge < -0.3 is 9.88 Å². The highest BCUT2D eigenvalue weighted by Gasteiger charge is 2.15. The smallest absolute Gasteiger partial charge is 0.122 e. The SMILES string of the molecule is CN(Cc1nccn1C)CC1CCCNC1. The highest BCUT2D eigenvalue weighted by molar-refractivity contribution is 4.90. The zero-order valence-corrected chi connectivity index (χ0v) is 10.3. The Morgan fingerprint density at radius 2 is 2.50 bits per heavy atom. The number of hydrogen-bond donors (Lipinski definition) is 1. The summed E-state index contributed by atoms with van der Waals surface area (Å²) in [7, 11) is 4.24. The summed E-state index contributed by atoms with van der Waals surface area (Å²) in [6, 6.07) is 0. The van der Waals surface area contributed by atoms with Crippen LogP contribution in [0.15, 0.2) is 12.4 Å². The largest absolute Gasteiger partial charge is 0.337 e. The van der Waals surface area contributed by atoms with Crippen molar-refractivity contribution in [2.75, 3.05) is 26.7 Å². The molecule has 0 aromatic carbocycles. The Bertz CT molecular complexity index is 315. The Kier molecular flexibility index (Phi) is 3.96. The fraction of sp³-hybridized carbons (Fsp3) is 0.750. The topological polar surface area (TPSA) is 33.1 Å². The molecule has 1 aromatic rings. The van der Waals surface area contributed by atoms with Gasteiger partial charge in [0.2, 0.25) is 0 Å². The van der Waals surface area contributed by atoms with Gasteiger partial charge in [0.25, 0.3) is 0 Å². The van der Waals surface area contributed by atoms with E-state index in [0.29, 0.717) is 0 Å². The third-order valence-corrected chi connectivity index (χ3v) is 3.30. The molecule has 1 fully saturated rings. The van der Waals surface area contributed by atoms with Gasteiger partial charge in [0.05, 0.1) is 6.54 Å². The maximum Gasteiger partial charge on any atom is 0.122 e. The Morgan fingerprint density at radius 1 is 1.62 bits per heavy atom. The van der Waals surface area contributed by atoms with Crippen LogP contribution in [-0.4, -0.2) is 41.1 Å². The highest BCUT2D eigenvalue weighted by atomic mass is 15.2. The molecule has 1 saturated heterocycles. The van der Waals surface area contributed by atoms with Crippen LogP contribution in [0.1, 0.15) is 18.7 Å². The van der Waals surface area contributed by atoms with E-state index in [4.69, 9.17) is 0 Å². The lowest BCUT2D eigenvalue weighted by Crippen LogP contribution is -2.36. The zero-order valence-electron chi connectivity index (χ0n) is 10.3. The van der Waals surface area contributed by atoms with Crippen LogP contribution < -0.4 is 5.32 Å². The summed E-state index contributed by atoms with van der Waals surface area (Å²) < 4.78 is 2.09. The van der Waals surface area contributed by atoms with Gasteiger partial charge in [-0.05, 0) is 38.9 Å². The molecule has 0 bridgehead atoms. The summed E-state index contributed by atoms with van der Waals surface area (Å²) in [6.45, 7) is 4.48. The van der Waals surface area contributed by atoms with E-state index in [1.54, 1.807) is 0 Å². The number of aromatic nitrogens is 2. The fourth-order valence-electron chi connectivity index (χ4n) is 2.38. The molecule has 4 heteroatoms. The summed E-state index contributed by atoms with van der Waals surface area (Å²) in [5, 5.41) is 3.46. The molecular weight excluding hydrogens is 200 g/mol. The van der Waals surface area contributed by atoms with Crippen LogP contribution in [0.4, 0.5) is 0 Å². The maximum absolute atomic E-state index is 4.35. The van der Waals surface area contributed by atoms with E-state index in [1.165, 1.54) is 32.5 Å². The van der Waals surface area contributed by atoms with Gasteiger partial charge in [0.15, 0.2) is 0 Å². The average Bonchev–Trinajstić information content (AvgIpc) is 2.66. The van der Waals surface area contributed by atoms with Crippen molar-refractivity contribution in [1.29, 1.82) is 0 Å². The first-order chi connectivity index (χ1) is 7.75. The van der Waals surface area contributed by atoms with Crippen LogP contribution in [0.2, 0.25) is 0 Å². The van der Waals surface area contributed by atoms with Crippen LogP contribution in [0.25, 0.3) is 0 Å². The van der Waals surface area contributed by atoms with Gasteiger partial charge in [-0.15, -0.1) is 0 Å². The third-order valence-electron chi connectivity index (χ3n) is 3.30. The van der Waals surface area contributed by atoms with Crippen molar-refractivity contribution in [1.82, 2.24) is 19.8 Å². The monoisotopic (exact) mass is 222 g/mol. The second-order valence-electron chi connectivity index (χ2n) is 4.86. The molecule has 2 heterocycles. The van der Waals surface area contributed by atoms with Gasteiger partial charge >= 0.3 is 0 Å². The van der Waals surface area contributed by atoms with Crippen molar-refractivity contribution >= 4 is 0 Å². The van der Waals surface area contributed by atoms with Crippen LogP contribution in [-0.2, 0) is 13.6 Å². The minimum atomic E-state index is 0.805. The summed E-state index contributed by atoms with van der Waals surface area (Å²) in [4.78, 5) is 6.73. The van der Waals surface area contributed by atoms with Crippen LogP contribution in [0.3, 0.4) is 0 Å². The molecule has 0 spiro atoms. The number of imidazole rings is 1. The maximum atomic E-state index is 4.35. The number of aryl methyl sites for hydroxylation is 1. The molecule has 1 aliphatic heterocycles. The number of rotatable bonds is 4. The van der Waals surface area contributed by atoms with E-state index in [9.17, 15) is 0 Å². The lowest BCUT2D eigenvalue weighted by atomic mass is 9.99. The molecule has 0 aliphatic carbocycles. The van der Waals surface area contributed by atoms with Crippen molar-refractivity contribution in [3.63, 3.8) is 0 Å². The van der Waals surface area contributed by atoms with Gasteiger partial charge in [-0.3, -0.25) is 4.90 Å². The minimum absolute atomic E-state index is 0.805. The fourth-order valence-corrected chi connectivity index (χ4v) is 2.38. The number of hydrogen-bond acceptors (Lipinski definition) is 3. The van der Waals surface area contributed by atoms with E-state index < -0.39 is 0 Å². The van der Waals surface area contributed by atoms with Crippen molar-refractivity contribution in [2.45, 2.75) is 19.4 Å². The molecule has 2 rings (SSSR count). The number of nitrogens with one attached hydrogen (secondary N) is 1. The van der Waals surface area contributed by atoms with Crippen molar-refractivity contribution < 1.29 is 0 Å². The Labute approximate surface area is 97.7 Å². The van der Waals surface area contributed by atoms with E-state index in [2.05, 4.69) is 33.9 Å². The Balaban J connectivity index is 1.79. The van der Waals surface area contributed by atoms with Crippen molar-refractivity contribution in [3.05, 3.63) is 18.2 Å². The molecule has 0 amide bonds. The minimum Gasteiger partial charge on any atom is -0.337 e. The first-order valence-corrected chi connectivity index (χ1v) is 6.11. The van der Waals surface area contributed by atoms with E-state index >= 15 is 0 Å². The summed E-state index contributed by atoms with van der Waals surface area (Å²) >= 11 is 0. The predicted octanol–water partition coefficient (Wildman–Crippen LogP) is 0.851. The first-order valence-electron chi connectivity index (χ1n) is 6.11. The molecule has 16 heavy (non-hydrogen) atoms. The standard InChI is InChI=1S/C12H22N4/c1-15(9-11-4-3-5-13-8-11)10-12-14-6-7-16(12)2/h6-7,11,13H,3-5,8-10H2,1-2H3.